The van der Waals surface area contributed by atoms with Crippen LogP contribution < -0.4 is 10.1 Å². The van der Waals surface area contributed by atoms with Gasteiger partial charge in [0.2, 0.25) is 5.88 Å². The van der Waals surface area contributed by atoms with Gasteiger partial charge >= 0.3 is 0 Å². The minimum atomic E-state index is 0.508. The Bertz CT molecular complexity index is 560. The first-order valence-corrected chi connectivity index (χ1v) is 6.58. The Balaban J connectivity index is 2.17. The van der Waals surface area contributed by atoms with Gasteiger partial charge in [-0.1, -0.05) is 24.6 Å². The molecular formula is C14H16ClN3O. The fraction of sp³-hybridized carbons (Fsp3) is 0.286. The van der Waals surface area contributed by atoms with E-state index in [-0.39, 0.29) is 0 Å². The highest BCUT2D eigenvalue weighted by atomic mass is 35.5. The summed E-state index contributed by atoms with van der Waals surface area (Å²) >= 11 is 5.92. The molecule has 0 bridgehead atoms. The molecule has 0 radical (unpaired) electrons. The highest BCUT2D eigenvalue weighted by molar-refractivity contribution is 6.30. The zero-order valence-electron chi connectivity index (χ0n) is 11.0. The maximum absolute atomic E-state index is 5.92. The van der Waals surface area contributed by atoms with E-state index in [0.717, 1.165) is 18.8 Å². The first-order chi connectivity index (χ1) is 9.17. The lowest BCUT2D eigenvalue weighted by Gasteiger charge is -2.09. The fourth-order valence-corrected chi connectivity index (χ4v) is 1.77. The summed E-state index contributed by atoms with van der Waals surface area (Å²) in [5.41, 5.74) is 0. The second-order valence-electron chi connectivity index (χ2n) is 4.12. The van der Waals surface area contributed by atoms with Crippen LogP contribution in [-0.4, -0.2) is 16.5 Å². The van der Waals surface area contributed by atoms with Crippen LogP contribution in [0.5, 0.6) is 11.6 Å². The van der Waals surface area contributed by atoms with Gasteiger partial charge in [-0.2, -0.15) is 4.98 Å². The predicted octanol–water partition coefficient (Wildman–Crippen LogP) is 4.05. The average molecular weight is 278 g/mol. The number of nitrogens with one attached hydrogen (secondary N) is 1. The van der Waals surface area contributed by atoms with Crippen molar-refractivity contribution in [2.45, 2.75) is 20.3 Å². The van der Waals surface area contributed by atoms with Gasteiger partial charge in [-0.25, -0.2) is 4.98 Å². The Kier molecular flexibility index (Phi) is 4.58. The van der Waals surface area contributed by atoms with E-state index in [1.165, 1.54) is 0 Å². The molecule has 4 nitrogen and oxygen atoms in total. The van der Waals surface area contributed by atoms with Crippen LogP contribution in [0.3, 0.4) is 0 Å². The maximum Gasteiger partial charge on any atom is 0.224 e. The summed E-state index contributed by atoms with van der Waals surface area (Å²) in [5.74, 6) is 2.60. The third-order valence-corrected chi connectivity index (χ3v) is 2.62. The lowest BCUT2D eigenvalue weighted by molar-refractivity contribution is 0.460. The van der Waals surface area contributed by atoms with Gasteiger partial charge in [0, 0.05) is 17.6 Å². The topological polar surface area (TPSA) is 47.0 Å². The number of halogens is 1. The summed E-state index contributed by atoms with van der Waals surface area (Å²) < 4.78 is 5.69. The molecule has 0 saturated heterocycles. The number of rotatable bonds is 5. The van der Waals surface area contributed by atoms with Crippen LogP contribution >= 0.6 is 11.6 Å². The quantitative estimate of drug-likeness (QED) is 0.895. The molecule has 0 unspecified atom stereocenters. The second-order valence-corrected chi connectivity index (χ2v) is 4.56. The molecule has 0 aliphatic carbocycles. The van der Waals surface area contributed by atoms with Gasteiger partial charge in [-0.3, -0.25) is 0 Å². The summed E-state index contributed by atoms with van der Waals surface area (Å²) in [7, 11) is 0. The van der Waals surface area contributed by atoms with Crippen molar-refractivity contribution in [3.8, 4) is 11.6 Å². The molecule has 1 aromatic heterocycles. The number of aromatic nitrogens is 2. The Morgan fingerprint density at radius 2 is 2.11 bits per heavy atom. The van der Waals surface area contributed by atoms with Crippen molar-refractivity contribution < 1.29 is 4.74 Å². The van der Waals surface area contributed by atoms with Crippen LogP contribution in [0.1, 0.15) is 19.2 Å². The Morgan fingerprint density at radius 3 is 2.84 bits per heavy atom. The highest BCUT2D eigenvalue weighted by Gasteiger charge is 2.04. The largest absolute Gasteiger partial charge is 0.439 e. The highest BCUT2D eigenvalue weighted by Crippen LogP contribution is 2.24. The van der Waals surface area contributed by atoms with Gasteiger partial charge in [0.25, 0.3) is 0 Å². The molecule has 0 fully saturated rings. The molecule has 0 aliphatic heterocycles. The number of aryl methyl sites for hydroxylation is 1. The Morgan fingerprint density at radius 1 is 1.26 bits per heavy atom. The van der Waals surface area contributed by atoms with Crippen molar-refractivity contribution in [2.24, 2.45) is 0 Å². The normalized spacial score (nSPS) is 10.3. The molecule has 1 heterocycles. The third-order valence-electron chi connectivity index (χ3n) is 2.39. The van der Waals surface area contributed by atoms with Gasteiger partial charge in [0.1, 0.15) is 17.4 Å². The Labute approximate surface area is 117 Å². The molecule has 0 saturated carbocycles. The van der Waals surface area contributed by atoms with Crippen molar-refractivity contribution in [2.75, 3.05) is 11.9 Å². The number of benzene rings is 1. The van der Waals surface area contributed by atoms with E-state index in [9.17, 15) is 0 Å². The smallest absolute Gasteiger partial charge is 0.224 e. The van der Waals surface area contributed by atoms with E-state index in [0.29, 0.717) is 22.5 Å². The second kappa shape index (κ2) is 6.38. The van der Waals surface area contributed by atoms with Gasteiger partial charge in [-0.15, -0.1) is 0 Å². The van der Waals surface area contributed by atoms with Crippen LogP contribution in [0.25, 0.3) is 0 Å². The van der Waals surface area contributed by atoms with Gasteiger partial charge in [0.05, 0.1) is 0 Å². The summed E-state index contributed by atoms with van der Waals surface area (Å²) in [4.78, 5) is 8.55. The lowest BCUT2D eigenvalue weighted by atomic mass is 10.3. The van der Waals surface area contributed by atoms with Crippen LogP contribution in [0.2, 0.25) is 5.02 Å². The summed E-state index contributed by atoms with van der Waals surface area (Å²) in [6.45, 7) is 4.81. The van der Waals surface area contributed by atoms with E-state index >= 15 is 0 Å². The Hall–Kier alpha value is -1.81. The third kappa shape index (κ3) is 4.10. The van der Waals surface area contributed by atoms with E-state index in [1.807, 2.05) is 19.1 Å². The number of ether oxygens (including phenoxy) is 1. The standard InChI is InChI=1S/C14H16ClN3O/c1-3-7-16-13-9-14(18-10(2)17-13)19-12-6-4-5-11(15)8-12/h4-6,8-9H,3,7H2,1-2H3,(H,16,17,18). The fourth-order valence-electron chi connectivity index (χ4n) is 1.59. The van der Waals surface area contributed by atoms with Crippen LogP contribution in [0.15, 0.2) is 30.3 Å². The molecule has 1 N–H and O–H groups in total. The van der Waals surface area contributed by atoms with Crippen molar-refractivity contribution in [3.05, 3.63) is 41.2 Å². The molecule has 19 heavy (non-hydrogen) atoms. The van der Waals surface area contributed by atoms with Crippen molar-refractivity contribution in [1.29, 1.82) is 0 Å². The number of anilines is 1. The van der Waals surface area contributed by atoms with Crippen LogP contribution in [0, 0.1) is 6.92 Å². The first-order valence-electron chi connectivity index (χ1n) is 6.20. The van der Waals surface area contributed by atoms with E-state index in [4.69, 9.17) is 16.3 Å². The molecule has 1 aromatic carbocycles. The minimum Gasteiger partial charge on any atom is -0.439 e. The minimum absolute atomic E-state index is 0.508. The number of nitrogens with zero attached hydrogens (tertiary/aromatic N) is 2. The molecule has 2 rings (SSSR count). The van der Waals surface area contributed by atoms with Gasteiger partial charge in [0.15, 0.2) is 0 Å². The zero-order chi connectivity index (χ0) is 13.7. The average Bonchev–Trinajstić information content (AvgIpc) is 2.35. The lowest BCUT2D eigenvalue weighted by Crippen LogP contribution is -2.04. The van der Waals surface area contributed by atoms with Crippen molar-refractivity contribution in [3.63, 3.8) is 0 Å². The summed E-state index contributed by atoms with van der Waals surface area (Å²) in [6, 6.07) is 9.00. The van der Waals surface area contributed by atoms with Crippen LogP contribution in [0.4, 0.5) is 5.82 Å². The first kappa shape index (κ1) is 13.6. The van der Waals surface area contributed by atoms with E-state index in [1.54, 1.807) is 18.2 Å². The molecule has 5 heteroatoms. The van der Waals surface area contributed by atoms with Crippen molar-refractivity contribution >= 4 is 17.4 Å². The molecule has 0 aliphatic rings. The maximum atomic E-state index is 5.92. The molecule has 0 spiro atoms. The van der Waals surface area contributed by atoms with E-state index < -0.39 is 0 Å². The number of hydrogen-bond acceptors (Lipinski definition) is 4. The summed E-state index contributed by atoms with van der Waals surface area (Å²) in [6.07, 6.45) is 1.04. The van der Waals surface area contributed by atoms with E-state index in [2.05, 4.69) is 22.2 Å². The zero-order valence-corrected chi connectivity index (χ0v) is 11.7. The number of hydrogen-bond donors (Lipinski definition) is 1. The van der Waals surface area contributed by atoms with Crippen molar-refractivity contribution in [1.82, 2.24) is 9.97 Å². The molecule has 2 aromatic rings. The molecular weight excluding hydrogens is 262 g/mol. The predicted molar refractivity (Wildman–Crippen MR) is 77.1 cm³/mol. The molecule has 100 valence electrons. The van der Waals surface area contributed by atoms with Crippen LogP contribution in [-0.2, 0) is 0 Å². The van der Waals surface area contributed by atoms with Gasteiger partial charge < -0.3 is 10.1 Å². The van der Waals surface area contributed by atoms with Gasteiger partial charge in [-0.05, 0) is 31.5 Å². The molecule has 0 atom stereocenters. The SMILES string of the molecule is CCCNc1cc(Oc2cccc(Cl)c2)nc(C)n1. The monoisotopic (exact) mass is 277 g/mol. The summed E-state index contributed by atoms with van der Waals surface area (Å²) in [5, 5.41) is 3.85. The molecule has 0 amide bonds.